The molecule has 4 heterocycles. The van der Waals surface area contributed by atoms with Gasteiger partial charge in [-0.3, -0.25) is 14.7 Å². The lowest BCUT2D eigenvalue weighted by molar-refractivity contribution is 0.125. The van der Waals surface area contributed by atoms with E-state index in [-0.39, 0.29) is 29.0 Å². The zero-order valence-corrected chi connectivity index (χ0v) is 21.1. The highest BCUT2D eigenvalue weighted by atomic mass is 19.1. The van der Waals surface area contributed by atoms with Crippen molar-refractivity contribution in [1.29, 1.82) is 0 Å². The number of nitrogens with zero attached hydrogens (tertiary/aromatic N) is 6. The number of aryl methyl sites for hydroxylation is 1. The quantitative estimate of drug-likeness (QED) is 0.357. The Bertz CT molecular complexity index is 1610. The van der Waals surface area contributed by atoms with Gasteiger partial charge in [0.1, 0.15) is 17.5 Å². The number of fused-ring (bicyclic) bond motifs is 1. The van der Waals surface area contributed by atoms with Crippen LogP contribution in [0.1, 0.15) is 31.1 Å². The Balaban J connectivity index is 1.57. The molecule has 0 bridgehead atoms. The second kappa shape index (κ2) is 9.91. The smallest absolute Gasteiger partial charge is 0.270 e. The minimum atomic E-state index is -0.711. The third-order valence-corrected chi connectivity index (χ3v) is 7.13. The predicted octanol–water partition coefficient (Wildman–Crippen LogP) is 4.99. The van der Waals surface area contributed by atoms with Gasteiger partial charge in [-0.25, -0.2) is 13.2 Å². The Labute approximate surface area is 217 Å². The van der Waals surface area contributed by atoms with Crippen molar-refractivity contribution < 1.29 is 13.2 Å². The molecular weight excluding hydrogens is 493 g/mol. The zero-order valence-electron chi connectivity index (χ0n) is 21.1. The van der Waals surface area contributed by atoms with Crippen LogP contribution in [0, 0.1) is 24.0 Å². The topological polar surface area (TPSA) is 58.6 Å². The molecule has 0 aliphatic carbocycles. The normalized spacial score (nSPS) is 18.9. The number of benzene rings is 1. The van der Waals surface area contributed by atoms with Crippen molar-refractivity contribution in [2.45, 2.75) is 32.0 Å². The number of piperazine rings is 1. The van der Waals surface area contributed by atoms with Crippen molar-refractivity contribution in [3.8, 4) is 0 Å². The lowest BCUT2D eigenvalue weighted by atomic mass is 9.95. The van der Waals surface area contributed by atoms with Gasteiger partial charge in [0, 0.05) is 49.9 Å². The molecule has 38 heavy (non-hydrogen) atoms. The molecule has 1 aliphatic heterocycles. The Morgan fingerprint density at radius 2 is 1.76 bits per heavy atom. The van der Waals surface area contributed by atoms with E-state index in [1.54, 1.807) is 19.2 Å². The first-order valence-corrected chi connectivity index (χ1v) is 12.1. The number of hydrogen-bond acceptors (Lipinski definition) is 5. The minimum Gasteiger partial charge on any atom is -0.362 e. The highest BCUT2D eigenvalue weighted by Crippen LogP contribution is 2.36. The molecular formula is C28H25F3N6O. The summed E-state index contributed by atoms with van der Waals surface area (Å²) >= 11 is 0. The van der Waals surface area contributed by atoms with Crippen LogP contribution in [0.15, 0.2) is 59.5 Å². The Morgan fingerprint density at radius 3 is 2.45 bits per heavy atom. The maximum absolute atomic E-state index is 15.1. The minimum absolute atomic E-state index is 0.161. The highest BCUT2D eigenvalue weighted by Gasteiger charge is 2.37. The van der Waals surface area contributed by atoms with Crippen molar-refractivity contribution >= 4 is 22.5 Å². The second-order valence-corrected chi connectivity index (χ2v) is 9.59. The van der Waals surface area contributed by atoms with Crippen molar-refractivity contribution in [2.24, 2.45) is 7.05 Å². The Morgan fingerprint density at radius 1 is 1.00 bits per heavy atom. The number of halogens is 3. The van der Waals surface area contributed by atoms with Crippen LogP contribution in [0.4, 0.5) is 24.7 Å². The van der Waals surface area contributed by atoms with Crippen molar-refractivity contribution in [3.05, 3.63) is 105 Å². The van der Waals surface area contributed by atoms with Gasteiger partial charge in [0.25, 0.3) is 11.4 Å². The van der Waals surface area contributed by atoms with Gasteiger partial charge in [-0.2, -0.15) is 0 Å². The van der Waals surface area contributed by atoms with Gasteiger partial charge in [0.05, 0.1) is 29.1 Å². The summed E-state index contributed by atoms with van der Waals surface area (Å²) in [7, 11) is 1.66. The van der Waals surface area contributed by atoms with Crippen LogP contribution in [0.5, 0.6) is 0 Å². The lowest BCUT2D eigenvalue weighted by Gasteiger charge is -2.48. The van der Waals surface area contributed by atoms with E-state index >= 15 is 4.39 Å². The third-order valence-electron chi connectivity index (χ3n) is 7.13. The summed E-state index contributed by atoms with van der Waals surface area (Å²) in [5.41, 5.74) is 2.26. The number of aromatic nitrogens is 3. The molecule has 1 aliphatic rings. The van der Waals surface area contributed by atoms with E-state index in [0.29, 0.717) is 35.5 Å². The molecule has 5 rings (SSSR count). The first-order valence-electron chi connectivity index (χ1n) is 12.1. The summed E-state index contributed by atoms with van der Waals surface area (Å²) < 4.78 is 44.0. The average molecular weight is 519 g/mol. The molecule has 3 aromatic heterocycles. The highest BCUT2D eigenvalue weighted by molar-refractivity contribution is 5.89. The molecule has 1 fully saturated rings. The number of pyridine rings is 3. The molecule has 0 amide bonds. The van der Waals surface area contributed by atoms with E-state index < -0.39 is 23.5 Å². The summed E-state index contributed by atoms with van der Waals surface area (Å²) in [5, 5.41) is 0. The van der Waals surface area contributed by atoms with Crippen LogP contribution < -0.4 is 10.5 Å². The maximum Gasteiger partial charge on any atom is 0.270 e. The zero-order chi connectivity index (χ0) is 27.1. The van der Waals surface area contributed by atoms with E-state index in [4.69, 9.17) is 6.57 Å². The monoisotopic (exact) mass is 518 g/mol. The van der Waals surface area contributed by atoms with E-state index in [1.807, 2.05) is 13.8 Å². The molecule has 1 unspecified atom stereocenters. The summed E-state index contributed by atoms with van der Waals surface area (Å²) in [6.45, 7) is 12.2. The molecule has 7 nitrogen and oxygen atoms in total. The van der Waals surface area contributed by atoms with Crippen LogP contribution in [0.3, 0.4) is 0 Å². The molecule has 0 radical (unpaired) electrons. The van der Waals surface area contributed by atoms with Gasteiger partial charge >= 0.3 is 0 Å². The SMILES string of the molecule is [C-]#[N+]c1ccc2c(n1)c(N1C[C@@H](C)N(C(c3ccc(F)cn3)c3ccc(F)cc3F)C[C@@H]1C)cc(=O)n2C. The first-order chi connectivity index (χ1) is 18.2. The number of rotatable bonds is 4. The Hall–Kier alpha value is -4.23. The molecule has 1 saturated heterocycles. The lowest BCUT2D eigenvalue weighted by Crippen LogP contribution is -2.58. The van der Waals surface area contributed by atoms with Gasteiger partial charge < -0.3 is 14.3 Å². The summed E-state index contributed by atoms with van der Waals surface area (Å²) in [6, 6.07) is 10.0. The van der Waals surface area contributed by atoms with Crippen molar-refractivity contribution in [1.82, 2.24) is 19.4 Å². The van der Waals surface area contributed by atoms with Gasteiger partial charge in [0.15, 0.2) is 0 Å². The van der Waals surface area contributed by atoms with Gasteiger partial charge in [-0.05, 0) is 44.2 Å². The summed E-state index contributed by atoms with van der Waals surface area (Å²) in [6.07, 6.45) is 1.08. The average Bonchev–Trinajstić information content (AvgIpc) is 2.90. The molecule has 4 aromatic rings. The van der Waals surface area contributed by atoms with Crippen molar-refractivity contribution in [2.75, 3.05) is 18.0 Å². The van der Waals surface area contributed by atoms with Gasteiger partial charge in [0.2, 0.25) is 5.52 Å². The predicted molar refractivity (Wildman–Crippen MR) is 139 cm³/mol. The molecule has 0 N–H and O–H groups in total. The molecule has 1 aromatic carbocycles. The molecule has 0 spiro atoms. The standard InChI is InChI=1S/C28H25F3N6O/c1-16-15-37(28(22-8-6-19(30)13-33-22)20-7-5-18(29)11-21(20)31)17(2)14-36(16)24-12-26(38)35(4)23-9-10-25(32-3)34-27(23)24/h5-13,16-17,28H,14-15H2,1-2,4H3/t16-,17+,28?/m0/s1. The number of anilines is 1. The second-order valence-electron chi connectivity index (χ2n) is 9.59. The summed E-state index contributed by atoms with van der Waals surface area (Å²) in [4.78, 5) is 29.1. The van der Waals surface area contributed by atoms with Crippen LogP contribution in [-0.2, 0) is 7.05 Å². The number of hydrogen-bond donors (Lipinski definition) is 0. The fourth-order valence-corrected chi connectivity index (χ4v) is 5.21. The molecule has 194 valence electrons. The molecule has 3 atom stereocenters. The van der Waals surface area contributed by atoms with Crippen LogP contribution in [0.25, 0.3) is 15.9 Å². The van der Waals surface area contributed by atoms with Gasteiger partial charge in [-0.1, -0.05) is 12.6 Å². The molecule has 0 saturated carbocycles. The molecule has 10 heteroatoms. The fourth-order valence-electron chi connectivity index (χ4n) is 5.21. The van der Waals surface area contributed by atoms with Crippen LogP contribution >= 0.6 is 0 Å². The van der Waals surface area contributed by atoms with E-state index in [2.05, 4.69) is 24.6 Å². The van der Waals surface area contributed by atoms with Crippen LogP contribution in [-0.4, -0.2) is 44.6 Å². The van der Waals surface area contributed by atoms with E-state index in [1.165, 1.54) is 34.9 Å². The van der Waals surface area contributed by atoms with Crippen molar-refractivity contribution in [3.63, 3.8) is 0 Å². The van der Waals surface area contributed by atoms with E-state index in [9.17, 15) is 13.6 Å². The Kier molecular flexibility index (Phi) is 6.63. The van der Waals surface area contributed by atoms with Gasteiger partial charge in [-0.15, -0.1) is 4.98 Å². The first kappa shape index (κ1) is 25.4. The fraction of sp³-hybridized carbons (Fsp3) is 0.286. The largest absolute Gasteiger partial charge is 0.362 e. The van der Waals surface area contributed by atoms with E-state index in [0.717, 1.165) is 12.3 Å². The summed E-state index contributed by atoms with van der Waals surface area (Å²) in [5.74, 6) is -1.68. The van der Waals surface area contributed by atoms with Crippen LogP contribution in [0.2, 0.25) is 0 Å². The third kappa shape index (κ3) is 4.50. The maximum atomic E-state index is 15.1.